The molecule has 0 radical (unpaired) electrons. The molecule has 0 saturated heterocycles. The number of aliphatic imine (C=N–C) groups is 1. The molecule has 0 heterocycles. The van der Waals surface area contributed by atoms with Gasteiger partial charge in [-0.25, -0.2) is 4.99 Å². The van der Waals surface area contributed by atoms with E-state index >= 15 is 0 Å². The van der Waals surface area contributed by atoms with Crippen molar-refractivity contribution in [3.63, 3.8) is 0 Å². The Kier molecular flexibility index (Phi) is 11.5. The Morgan fingerprint density at radius 3 is 2.63 bits per heavy atom. The van der Waals surface area contributed by atoms with Gasteiger partial charge in [-0.3, -0.25) is 4.21 Å². The molecule has 0 aromatic heterocycles. The number of nitrogens with one attached hydrogen (secondary N) is 2. The van der Waals surface area contributed by atoms with Crippen LogP contribution in [0.25, 0.3) is 0 Å². The van der Waals surface area contributed by atoms with Gasteiger partial charge in [0.05, 0.1) is 12.6 Å². The molecule has 2 aliphatic carbocycles. The summed E-state index contributed by atoms with van der Waals surface area (Å²) in [5.41, 5.74) is 1.13. The van der Waals surface area contributed by atoms with E-state index in [0.717, 1.165) is 68.1 Å². The van der Waals surface area contributed by atoms with Crippen LogP contribution in [-0.4, -0.2) is 39.9 Å². The lowest BCUT2D eigenvalue weighted by Crippen LogP contribution is -2.46. The van der Waals surface area contributed by atoms with Gasteiger partial charge in [-0.15, -0.1) is 24.0 Å². The van der Waals surface area contributed by atoms with Crippen molar-refractivity contribution in [2.24, 2.45) is 4.99 Å². The van der Waals surface area contributed by atoms with Crippen LogP contribution < -0.4 is 15.4 Å². The zero-order valence-electron chi connectivity index (χ0n) is 18.4. The predicted octanol–water partition coefficient (Wildman–Crippen LogP) is 4.76. The number of para-hydroxylation sites is 1. The lowest BCUT2D eigenvalue weighted by atomic mass is 9.95. The Bertz CT molecular complexity index is 695. The standard InChI is InChI=1S/C23H37N3O2S.HI/c1-3-24-23(26-19-11-9-14-21(16-19)29(27)4-2)25-17-18-10-5-8-15-22(18)28-20-12-6-7-13-20;/h5,8,10,15,19-21H,3-4,6-7,9,11-14,16-17H2,1-2H3,(H2,24,25,26);1H. The molecular weight excluding hydrogens is 509 g/mol. The van der Waals surface area contributed by atoms with E-state index in [-0.39, 0.29) is 24.0 Å². The van der Waals surface area contributed by atoms with Crippen LogP contribution in [0.3, 0.4) is 0 Å². The summed E-state index contributed by atoms with van der Waals surface area (Å²) in [6, 6.07) is 8.61. The van der Waals surface area contributed by atoms with Crippen molar-refractivity contribution in [1.29, 1.82) is 0 Å². The second kappa shape index (κ2) is 13.6. The van der Waals surface area contributed by atoms with E-state index in [0.29, 0.717) is 23.9 Å². The van der Waals surface area contributed by atoms with Gasteiger partial charge in [-0.2, -0.15) is 0 Å². The van der Waals surface area contributed by atoms with Crippen LogP contribution in [0.5, 0.6) is 5.75 Å². The number of guanidine groups is 1. The number of benzene rings is 1. The predicted molar refractivity (Wildman–Crippen MR) is 137 cm³/mol. The number of rotatable bonds is 8. The Labute approximate surface area is 201 Å². The van der Waals surface area contributed by atoms with Crippen LogP contribution >= 0.6 is 24.0 Å². The smallest absolute Gasteiger partial charge is 0.191 e. The van der Waals surface area contributed by atoms with Gasteiger partial charge in [0, 0.05) is 40.0 Å². The molecule has 1 aromatic carbocycles. The molecule has 7 heteroatoms. The highest BCUT2D eigenvalue weighted by Crippen LogP contribution is 2.27. The maximum absolute atomic E-state index is 12.2. The summed E-state index contributed by atoms with van der Waals surface area (Å²) in [4.78, 5) is 4.84. The number of nitrogens with zero attached hydrogens (tertiary/aromatic N) is 1. The fraction of sp³-hybridized carbons (Fsp3) is 0.696. The molecule has 3 rings (SSSR count). The minimum Gasteiger partial charge on any atom is -0.490 e. The first-order valence-electron chi connectivity index (χ1n) is 11.4. The number of hydrogen-bond acceptors (Lipinski definition) is 3. The molecule has 1 aromatic rings. The van der Waals surface area contributed by atoms with Crippen molar-refractivity contribution in [3.8, 4) is 5.75 Å². The first-order chi connectivity index (χ1) is 14.2. The third kappa shape index (κ3) is 7.70. The summed E-state index contributed by atoms with van der Waals surface area (Å²) in [7, 11) is -0.709. The molecule has 2 saturated carbocycles. The van der Waals surface area contributed by atoms with Gasteiger partial charge in [0.2, 0.25) is 0 Å². The van der Waals surface area contributed by atoms with Crippen molar-refractivity contribution in [3.05, 3.63) is 29.8 Å². The van der Waals surface area contributed by atoms with Crippen LogP contribution in [0, 0.1) is 0 Å². The Balaban J connectivity index is 0.00000320. The molecule has 2 fully saturated rings. The summed E-state index contributed by atoms with van der Waals surface area (Å²) in [5.74, 6) is 2.56. The average molecular weight is 548 g/mol. The number of hydrogen-bond donors (Lipinski definition) is 2. The monoisotopic (exact) mass is 547 g/mol. The van der Waals surface area contributed by atoms with E-state index in [4.69, 9.17) is 9.73 Å². The van der Waals surface area contributed by atoms with Gasteiger partial charge in [-0.05, 0) is 57.9 Å². The largest absolute Gasteiger partial charge is 0.490 e. The SMILES string of the molecule is CCNC(=NCc1ccccc1OC1CCCC1)NC1CCCC(S(=O)CC)C1.I. The lowest BCUT2D eigenvalue weighted by molar-refractivity contribution is 0.208. The molecule has 170 valence electrons. The van der Waals surface area contributed by atoms with Gasteiger partial charge in [0.1, 0.15) is 5.75 Å². The number of halogens is 1. The van der Waals surface area contributed by atoms with Crippen molar-refractivity contribution in [1.82, 2.24) is 10.6 Å². The second-order valence-corrected chi connectivity index (χ2v) is 10.1. The van der Waals surface area contributed by atoms with Gasteiger partial charge < -0.3 is 15.4 Å². The molecule has 2 N–H and O–H groups in total. The van der Waals surface area contributed by atoms with Crippen LogP contribution in [-0.2, 0) is 17.3 Å². The lowest BCUT2D eigenvalue weighted by Gasteiger charge is -2.30. The van der Waals surface area contributed by atoms with Gasteiger partial charge in [0.25, 0.3) is 0 Å². The summed E-state index contributed by atoms with van der Waals surface area (Å²) < 4.78 is 18.5. The quantitative estimate of drug-likeness (QED) is 0.280. The highest BCUT2D eigenvalue weighted by atomic mass is 127. The first-order valence-corrected chi connectivity index (χ1v) is 12.7. The summed E-state index contributed by atoms with van der Waals surface area (Å²) >= 11 is 0. The molecule has 30 heavy (non-hydrogen) atoms. The van der Waals surface area contributed by atoms with E-state index in [9.17, 15) is 4.21 Å². The maximum Gasteiger partial charge on any atom is 0.191 e. The molecule has 0 amide bonds. The Hall–Kier alpha value is -0.830. The van der Waals surface area contributed by atoms with E-state index in [1.807, 2.05) is 13.0 Å². The molecule has 2 aliphatic rings. The minimum atomic E-state index is -0.709. The highest BCUT2D eigenvalue weighted by Gasteiger charge is 2.26. The molecule has 0 bridgehead atoms. The fourth-order valence-electron chi connectivity index (χ4n) is 4.36. The molecule has 5 nitrogen and oxygen atoms in total. The third-order valence-electron chi connectivity index (χ3n) is 5.94. The molecular formula is C23H38IN3O2S. The third-order valence-corrected chi connectivity index (χ3v) is 7.68. The van der Waals surface area contributed by atoms with Crippen molar-refractivity contribution in [2.75, 3.05) is 12.3 Å². The van der Waals surface area contributed by atoms with Crippen LogP contribution in [0.2, 0.25) is 0 Å². The zero-order chi connectivity index (χ0) is 20.5. The first kappa shape index (κ1) is 25.4. The second-order valence-electron chi connectivity index (χ2n) is 8.13. The Morgan fingerprint density at radius 2 is 1.90 bits per heavy atom. The summed E-state index contributed by atoms with van der Waals surface area (Å²) in [5, 5.41) is 7.28. The molecule has 3 atom stereocenters. The fourth-order valence-corrected chi connectivity index (χ4v) is 5.71. The van der Waals surface area contributed by atoms with Gasteiger partial charge >= 0.3 is 0 Å². The van der Waals surface area contributed by atoms with Crippen molar-refractivity contribution < 1.29 is 8.95 Å². The van der Waals surface area contributed by atoms with Crippen LogP contribution in [0.4, 0.5) is 0 Å². The zero-order valence-corrected chi connectivity index (χ0v) is 21.5. The normalized spacial score (nSPS) is 23.5. The van der Waals surface area contributed by atoms with Crippen LogP contribution in [0.1, 0.15) is 70.8 Å². The van der Waals surface area contributed by atoms with Gasteiger partial charge in [0.15, 0.2) is 5.96 Å². The van der Waals surface area contributed by atoms with E-state index < -0.39 is 10.8 Å². The summed E-state index contributed by atoms with van der Waals surface area (Å²) in [6.45, 7) is 5.52. The topological polar surface area (TPSA) is 62.7 Å². The van der Waals surface area contributed by atoms with Crippen LogP contribution in [0.15, 0.2) is 29.3 Å². The Morgan fingerprint density at radius 1 is 1.13 bits per heavy atom. The van der Waals surface area contributed by atoms with E-state index in [2.05, 4.69) is 35.8 Å². The highest BCUT2D eigenvalue weighted by molar-refractivity contribution is 14.0. The maximum atomic E-state index is 12.2. The molecule has 3 unspecified atom stereocenters. The van der Waals surface area contributed by atoms with E-state index in [1.54, 1.807) is 0 Å². The minimum absolute atomic E-state index is 0. The summed E-state index contributed by atoms with van der Waals surface area (Å²) in [6.07, 6.45) is 9.49. The van der Waals surface area contributed by atoms with Crippen molar-refractivity contribution >= 4 is 40.7 Å². The van der Waals surface area contributed by atoms with E-state index in [1.165, 1.54) is 12.8 Å². The van der Waals surface area contributed by atoms with Crippen molar-refractivity contribution in [2.45, 2.75) is 89.2 Å². The molecule has 0 spiro atoms. The van der Waals surface area contributed by atoms with Gasteiger partial charge in [-0.1, -0.05) is 31.5 Å². The molecule has 0 aliphatic heterocycles. The number of ether oxygens (including phenoxy) is 1. The average Bonchev–Trinajstić information content (AvgIpc) is 3.26.